The molecule has 0 aliphatic rings. The molecule has 0 amide bonds. The summed E-state index contributed by atoms with van der Waals surface area (Å²) in [4.78, 5) is 0. The van der Waals surface area contributed by atoms with E-state index in [0.29, 0.717) is 6.61 Å². The van der Waals surface area contributed by atoms with Gasteiger partial charge < -0.3 is 10.1 Å². The van der Waals surface area contributed by atoms with Crippen molar-refractivity contribution < 1.29 is 4.74 Å². The molecule has 0 aliphatic carbocycles. The van der Waals surface area contributed by atoms with E-state index >= 15 is 0 Å². The molecule has 18 heavy (non-hydrogen) atoms. The van der Waals surface area contributed by atoms with Gasteiger partial charge in [-0.2, -0.15) is 0 Å². The zero-order valence-corrected chi connectivity index (χ0v) is 12.2. The monoisotopic (exact) mass is 267 g/mol. The average molecular weight is 268 g/mol. The number of benzene rings is 1. The average Bonchev–Trinajstić information content (AvgIpc) is 2.33. The number of rotatable bonds is 7. The molecule has 1 rings (SSSR count). The Morgan fingerprint density at radius 2 is 1.94 bits per heavy atom. The molecule has 100 valence electrons. The van der Waals surface area contributed by atoms with Gasteiger partial charge >= 0.3 is 0 Å². The zero-order chi connectivity index (χ0) is 13.4. The highest BCUT2D eigenvalue weighted by molar-refractivity contribution is 6.25. The van der Waals surface area contributed by atoms with Crippen LogP contribution in [0.3, 0.4) is 0 Å². The van der Waals surface area contributed by atoms with Crippen LogP contribution in [-0.2, 0) is 6.54 Å². The third-order valence-electron chi connectivity index (χ3n) is 2.69. The SMILES string of the molecule is CCCNCc1cc(C)c(OC/C=C/Cl)c(C)c1. The molecule has 0 atom stereocenters. The van der Waals surface area contributed by atoms with Gasteiger partial charge in [-0.15, -0.1) is 0 Å². The van der Waals surface area contributed by atoms with Gasteiger partial charge in [0.1, 0.15) is 12.4 Å². The van der Waals surface area contributed by atoms with Gasteiger partial charge in [0.15, 0.2) is 0 Å². The number of nitrogens with one attached hydrogen (secondary N) is 1. The minimum atomic E-state index is 0.513. The molecule has 0 aliphatic heterocycles. The number of hydrogen-bond acceptors (Lipinski definition) is 2. The van der Waals surface area contributed by atoms with Crippen molar-refractivity contribution in [1.82, 2.24) is 5.32 Å². The first kappa shape index (κ1) is 15.1. The molecule has 0 heterocycles. The Bertz CT molecular complexity index is 378. The molecule has 0 saturated heterocycles. The molecule has 1 aromatic carbocycles. The summed E-state index contributed by atoms with van der Waals surface area (Å²) in [5.74, 6) is 0.962. The van der Waals surface area contributed by atoms with E-state index in [0.717, 1.165) is 25.3 Å². The standard InChI is InChI=1S/C15H22ClNO/c1-4-7-17-11-14-9-12(2)15(13(3)10-14)18-8-5-6-16/h5-6,9-10,17H,4,7-8,11H2,1-3H3/b6-5+. The van der Waals surface area contributed by atoms with Crippen molar-refractivity contribution in [2.24, 2.45) is 0 Å². The molecule has 0 bridgehead atoms. The molecular weight excluding hydrogens is 246 g/mol. The number of hydrogen-bond donors (Lipinski definition) is 1. The number of aryl methyl sites for hydroxylation is 2. The van der Waals surface area contributed by atoms with E-state index < -0.39 is 0 Å². The number of ether oxygens (including phenoxy) is 1. The minimum Gasteiger partial charge on any atom is -0.489 e. The summed E-state index contributed by atoms with van der Waals surface area (Å²) in [5, 5.41) is 3.41. The normalized spacial score (nSPS) is 11.1. The van der Waals surface area contributed by atoms with E-state index in [1.165, 1.54) is 22.2 Å². The van der Waals surface area contributed by atoms with Crippen LogP contribution in [0.1, 0.15) is 30.0 Å². The molecule has 2 nitrogen and oxygen atoms in total. The van der Waals surface area contributed by atoms with Crippen LogP contribution in [0.4, 0.5) is 0 Å². The molecule has 1 aromatic rings. The van der Waals surface area contributed by atoms with Crippen LogP contribution in [0.5, 0.6) is 5.75 Å². The summed E-state index contributed by atoms with van der Waals surface area (Å²) < 4.78 is 5.70. The maximum atomic E-state index is 5.70. The second-order valence-corrected chi connectivity index (χ2v) is 4.66. The topological polar surface area (TPSA) is 21.3 Å². The quantitative estimate of drug-likeness (QED) is 0.756. The molecule has 0 aromatic heterocycles. The molecule has 0 unspecified atom stereocenters. The fraction of sp³-hybridized carbons (Fsp3) is 0.467. The van der Waals surface area contributed by atoms with E-state index in [2.05, 4.69) is 38.2 Å². The third kappa shape index (κ3) is 4.71. The second kappa shape index (κ2) is 8.17. The van der Waals surface area contributed by atoms with Crippen LogP contribution in [-0.4, -0.2) is 13.2 Å². The Labute approximate surface area is 115 Å². The van der Waals surface area contributed by atoms with Crippen LogP contribution < -0.4 is 10.1 Å². The van der Waals surface area contributed by atoms with E-state index in [1.807, 2.05) is 0 Å². The van der Waals surface area contributed by atoms with Gasteiger partial charge in [-0.05, 0) is 49.6 Å². The van der Waals surface area contributed by atoms with E-state index in [1.54, 1.807) is 6.08 Å². The Hall–Kier alpha value is -0.990. The molecular formula is C15H22ClNO. The zero-order valence-electron chi connectivity index (χ0n) is 11.4. The van der Waals surface area contributed by atoms with Crippen LogP contribution in [0, 0.1) is 13.8 Å². The Morgan fingerprint density at radius 1 is 1.28 bits per heavy atom. The third-order valence-corrected chi connectivity index (χ3v) is 2.87. The van der Waals surface area contributed by atoms with Gasteiger partial charge in [0.25, 0.3) is 0 Å². The molecule has 0 radical (unpaired) electrons. The summed E-state index contributed by atoms with van der Waals surface area (Å²) in [7, 11) is 0. The summed E-state index contributed by atoms with van der Waals surface area (Å²) in [6.45, 7) is 8.81. The van der Waals surface area contributed by atoms with Crippen molar-refractivity contribution in [3.05, 3.63) is 40.4 Å². The van der Waals surface area contributed by atoms with Crippen LogP contribution in [0.15, 0.2) is 23.7 Å². The van der Waals surface area contributed by atoms with E-state index in [4.69, 9.17) is 16.3 Å². The van der Waals surface area contributed by atoms with Crippen molar-refractivity contribution in [1.29, 1.82) is 0 Å². The molecule has 3 heteroatoms. The lowest BCUT2D eigenvalue weighted by Gasteiger charge is -2.13. The lowest BCUT2D eigenvalue weighted by molar-refractivity contribution is 0.357. The van der Waals surface area contributed by atoms with Crippen molar-refractivity contribution in [3.63, 3.8) is 0 Å². The van der Waals surface area contributed by atoms with Crippen LogP contribution >= 0.6 is 11.6 Å². The lowest BCUT2D eigenvalue weighted by atomic mass is 10.1. The highest BCUT2D eigenvalue weighted by Gasteiger charge is 2.05. The van der Waals surface area contributed by atoms with Gasteiger partial charge in [0, 0.05) is 12.1 Å². The predicted octanol–water partition coefficient (Wildman–Crippen LogP) is 3.93. The molecule has 0 fully saturated rings. The Morgan fingerprint density at radius 3 is 2.50 bits per heavy atom. The Balaban J connectivity index is 2.70. The van der Waals surface area contributed by atoms with Gasteiger partial charge in [-0.25, -0.2) is 0 Å². The van der Waals surface area contributed by atoms with Crippen LogP contribution in [0.2, 0.25) is 0 Å². The van der Waals surface area contributed by atoms with Crippen molar-refractivity contribution in [3.8, 4) is 5.75 Å². The maximum Gasteiger partial charge on any atom is 0.125 e. The first-order chi connectivity index (χ1) is 8.69. The first-order valence-corrected chi connectivity index (χ1v) is 6.81. The highest BCUT2D eigenvalue weighted by Crippen LogP contribution is 2.24. The van der Waals surface area contributed by atoms with E-state index in [-0.39, 0.29) is 0 Å². The largest absolute Gasteiger partial charge is 0.489 e. The smallest absolute Gasteiger partial charge is 0.125 e. The fourth-order valence-corrected chi connectivity index (χ4v) is 2.02. The van der Waals surface area contributed by atoms with Crippen molar-refractivity contribution in [2.75, 3.05) is 13.2 Å². The minimum absolute atomic E-state index is 0.513. The lowest BCUT2D eigenvalue weighted by Crippen LogP contribution is -2.14. The summed E-state index contributed by atoms with van der Waals surface area (Å²) in [6.07, 6.45) is 2.95. The molecule has 1 N–H and O–H groups in total. The summed E-state index contributed by atoms with van der Waals surface area (Å²) in [6, 6.07) is 4.35. The van der Waals surface area contributed by atoms with E-state index in [9.17, 15) is 0 Å². The fourth-order valence-electron chi connectivity index (χ4n) is 1.95. The summed E-state index contributed by atoms with van der Waals surface area (Å²) in [5.41, 5.74) is 5.13. The molecule has 0 spiro atoms. The van der Waals surface area contributed by atoms with Gasteiger partial charge in [0.2, 0.25) is 0 Å². The van der Waals surface area contributed by atoms with Gasteiger partial charge in [0.05, 0.1) is 0 Å². The highest BCUT2D eigenvalue weighted by atomic mass is 35.5. The Kier molecular flexibility index (Phi) is 6.84. The second-order valence-electron chi connectivity index (χ2n) is 4.41. The maximum absolute atomic E-state index is 5.70. The van der Waals surface area contributed by atoms with Crippen LogP contribution in [0.25, 0.3) is 0 Å². The van der Waals surface area contributed by atoms with Gasteiger partial charge in [-0.3, -0.25) is 0 Å². The van der Waals surface area contributed by atoms with Crippen molar-refractivity contribution >= 4 is 11.6 Å². The number of halogens is 1. The molecule has 0 saturated carbocycles. The van der Waals surface area contributed by atoms with Gasteiger partial charge in [-0.1, -0.05) is 30.7 Å². The summed E-state index contributed by atoms with van der Waals surface area (Å²) >= 11 is 5.47. The first-order valence-electron chi connectivity index (χ1n) is 6.38. The predicted molar refractivity (Wildman–Crippen MR) is 78.4 cm³/mol. The van der Waals surface area contributed by atoms with Crippen molar-refractivity contribution in [2.45, 2.75) is 33.7 Å².